The fraction of sp³-hybridized carbons (Fsp3) is 0.500. The number of ether oxygens (including phenoxy) is 1. The Morgan fingerprint density at radius 2 is 2.06 bits per heavy atom. The van der Waals surface area contributed by atoms with Crippen molar-refractivity contribution < 1.29 is 13.9 Å². The van der Waals surface area contributed by atoms with Gasteiger partial charge in [-0.3, -0.25) is 9.80 Å². The lowest BCUT2D eigenvalue weighted by molar-refractivity contribution is 0.143. The highest BCUT2D eigenvalue weighted by molar-refractivity contribution is 6.17. The number of benzene rings is 1. The lowest BCUT2D eigenvalue weighted by Gasteiger charge is -2.41. The highest BCUT2D eigenvalue weighted by Gasteiger charge is 2.31. The Kier molecular flexibility index (Phi) is 6.00. The highest BCUT2D eigenvalue weighted by atomic mass is 19.1. The number of aromatic nitrogens is 2. The van der Waals surface area contributed by atoms with Gasteiger partial charge in [-0.1, -0.05) is 6.08 Å². The average Bonchev–Trinajstić information content (AvgIpc) is 3.42. The number of hydrogen-bond donors (Lipinski definition) is 1. The predicted octanol–water partition coefficient (Wildman–Crippen LogP) is 3.15. The second-order valence-corrected chi connectivity index (χ2v) is 9.80. The van der Waals surface area contributed by atoms with E-state index in [1.807, 2.05) is 6.92 Å². The molecule has 2 fully saturated rings. The molecule has 1 N–H and O–H groups in total. The zero-order chi connectivity index (χ0) is 24.8. The van der Waals surface area contributed by atoms with Crippen LogP contribution in [-0.4, -0.2) is 89.2 Å². The van der Waals surface area contributed by atoms with Crippen molar-refractivity contribution in [2.24, 2.45) is 0 Å². The van der Waals surface area contributed by atoms with Crippen molar-refractivity contribution in [2.75, 3.05) is 62.7 Å². The van der Waals surface area contributed by atoms with E-state index in [9.17, 15) is 4.79 Å². The molecule has 0 bridgehead atoms. The molecule has 0 saturated carbocycles. The van der Waals surface area contributed by atoms with Crippen LogP contribution in [0.5, 0.6) is 0 Å². The summed E-state index contributed by atoms with van der Waals surface area (Å²) in [6, 6.07) is 1.89. The van der Waals surface area contributed by atoms with Crippen LogP contribution < -0.4 is 10.2 Å². The molecule has 0 spiro atoms. The van der Waals surface area contributed by atoms with Gasteiger partial charge in [-0.05, 0) is 32.4 Å². The van der Waals surface area contributed by atoms with Crippen LogP contribution in [0.2, 0.25) is 0 Å². The van der Waals surface area contributed by atoms with Crippen LogP contribution in [0.1, 0.15) is 25.8 Å². The van der Waals surface area contributed by atoms with Gasteiger partial charge in [-0.2, -0.15) is 0 Å². The van der Waals surface area contributed by atoms with Gasteiger partial charge in [-0.15, -0.1) is 0 Å². The summed E-state index contributed by atoms with van der Waals surface area (Å²) >= 11 is 0. The van der Waals surface area contributed by atoms with Gasteiger partial charge in [0.1, 0.15) is 12.1 Å². The van der Waals surface area contributed by atoms with Crippen LogP contribution in [0, 0.1) is 5.82 Å². The van der Waals surface area contributed by atoms with Gasteiger partial charge >= 0.3 is 6.03 Å². The Morgan fingerprint density at radius 3 is 2.81 bits per heavy atom. The van der Waals surface area contributed by atoms with Crippen LogP contribution in [0.4, 0.5) is 20.7 Å². The zero-order valence-corrected chi connectivity index (χ0v) is 20.8. The number of hydrogen-bond acceptors (Lipinski definition) is 7. The Bertz CT molecular complexity index is 1250. The average molecular weight is 494 g/mol. The van der Waals surface area contributed by atoms with E-state index in [0.29, 0.717) is 41.4 Å². The molecule has 5 heterocycles. The van der Waals surface area contributed by atoms with E-state index in [1.165, 1.54) is 22.6 Å². The Morgan fingerprint density at radius 1 is 1.22 bits per heavy atom. The highest BCUT2D eigenvalue weighted by Crippen LogP contribution is 2.38. The minimum atomic E-state index is -0.395. The van der Waals surface area contributed by atoms with Gasteiger partial charge in [0.15, 0.2) is 5.82 Å². The summed E-state index contributed by atoms with van der Waals surface area (Å²) in [7, 11) is 0. The second-order valence-electron chi connectivity index (χ2n) is 9.80. The molecule has 0 unspecified atom stereocenters. The number of amides is 2. The summed E-state index contributed by atoms with van der Waals surface area (Å²) in [5, 5.41) is 3.29. The van der Waals surface area contributed by atoms with E-state index >= 15 is 4.39 Å². The smallest absolute Gasteiger partial charge is 0.327 e. The van der Waals surface area contributed by atoms with Crippen LogP contribution >= 0.6 is 0 Å². The Balaban J connectivity index is 1.19. The first-order valence-corrected chi connectivity index (χ1v) is 12.8. The molecule has 1 aromatic heterocycles. The number of halogens is 1. The molecule has 0 aliphatic carbocycles. The normalized spacial score (nSPS) is 22.7. The van der Waals surface area contributed by atoms with Gasteiger partial charge in [0.2, 0.25) is 0 Å². The first-order chi connectivity index (χ1) is 17.5. The lowest BCUT2D eigenvalue weighted by atomic mass is 10.1. The molecule has 0 radical (unpaired) electrons. The molecule has 9 nitrogen and oxygen atoms in total. The first-order valence-electron chi connectivity index (χ1n) is 12.8. The number of carbonyl (C=O) groups is 1. The van der Waals surface area contributed by atoms with Gasteiger partial charge < -0.3 is 19.9 Å². The number of allylic oxidation sites excluding steroid dienone is 2. The third-order valence-electron chi connectivity index (χ3n) is 7.80. The number of anilines is 2. The minimum absolute atomic E-state index is 0.190. The van der Waals surface area contributed by atoms with E-state index in [1.54, 1.807) is 6.07 Å². The fourth-order valence-electron chi connectivity index (χ4n) is 5.83. The fourth-order valence-corrected chi connectivity index (χ4v) is 5.83. The van der Waals surface area contributed by atoms with Crippen molar-refractivity contribution in [3.8, 4) is 0 Å². The molecule has 2 amide bonds. The molecular formula is C26H32FN7O2. The van der Waals surface area contributed by atoms with Crippen LogP contribution in [0.15, 0.2) is 35.9 Å². The SMILES string of the molecule is CCN1C(=O)Nc2c(F)c(CN3CCN(C4=C(C)N([C@@H]5CCOC5)CC=C4)CC3)cc3ncnc1c23. The predicted molar refractivity (Wildman–Crippen MR) is 136 cm³/mol. The van der Waals surface area contributed by atoms with Gasteiger partial charge in [0, 0.05) is 63.7 Å². The van der Waals surface area contributed by atoms with E-state index in [0.717, 1.165) is 52.4 Å². The van der Waals surface area contributed by atoms with Gasteiger partial charge in [0.05, 0.1) is 34.9 Å². The lowest BCUT2D eigenvalue weighted by Crippen LogP contribution is -2.47. The minimum Gasteiger partial charge on any atom is -0.379 e. The van der Waals surface area contributed by atoms with E-state index in [2.05, 4.69) is 49.1 Å². The van der Waals surface area contributed by atoms with Crippen molar-refractivity contribution in [1.29, 1.82) is 0 Å². The molecular weight excluding hydrogens is 461 g/mol. The van der Waals surface area contributed by atoms with Crippen molar-refractivity contribution in [3.63, 3.8) is 0 Å². The van der Waals surface area contributed by atoms with Crippen LogP contribution in [-0.2, 0) is 11.3 Å². The number of urea groups is 1. The molecule has 10 heteroatoms. The number of nitrogens with one attached hydrogen (secondary N) is 1. The number of nitrogens with zero attached hydrogens (tertiary/aromatic N) is 6. The second kappa shape index (κ2) is 9.33. The third kappa shape index (κ3) is 3.88. The van der Waals surface area contributed by atoms with Crippen LogP contribution in [0.25, 0.3) is 10.9 Å². The van der Waals surface area contributed by atoms with Crippen molar-refractivity contribution in [1.82, 2.24) is 24.7 Å². The molecule has 1 atom stereocenters. The molecule has 6 rings (SSSR count). The summed E-state index contributed by atoms with van der Waals surface area (Å²) < 4.78 is 21.2. The van der Waals surface area contributed by atoms with E-state index in [4.69, 9.17) is 4.74 Å². The van der Waals surface area contributed by atoms with E-state index < -0.39 is 5.82 Å². The van der Waals surface area contributed by atoms with Crippen molar-refractivity contribution in [3.05, 3.63) is 47.3 Å². The summed E-state index contributed by atoms with van der Waals surface area (Å²) in [5.41, 5.74) is 3.97. The quantitative estimate of drug-likeness (QED) is 0.686. The number of rotatable bonds is 5. The monoisotopic (exact) mass is 493 g/mol. The molecule has 2 aromatic rings. The van der Waals surface area contributed by atoms with Gasteiger partial charge in [0.25, 0.3) is 0 Å². The molecule has 36 heavy (non-hydrogen) atoms. The first kappa shape index (κ1) is 23.2. The standard InChI is InChI=1S/C26H32FN7O2/c1-3-33-25-22-20(28-16-29-25)13-18(23(27)24(22)30-26(33)35)14-31-8-10-32(11-9-31)21-5-4-7-34(17(21)2)19-6-12-36-15-19/h4-5,13,16,19H,3,6-12,14-15H2,1-2H3,(H,30,35)/t19-/m1/s1. The molecule has 4 aliphatic rings. The largest absolute Gasteiger partial charge is 0.379 e. The third-order valence-corrected chi connectivity index (χ3v) is 7.80. The van der Waals surface area contributed by atoms with Crippen molar-refractivity contribution in [2.45, 2.75) is 32.9 Å². The maximum atomic E-state index is 15.6. The Labute approximate surface area is 210 Å². The summed E-state index contributed by atoms with van der Waals surface area (Å²) in [5.74, 6) is 0.0657. The van der Waals surface area contributed by atoms with Crippen molar-refractivity contribution >= 4 is 28.4 Å². The zero-order valence-electron chi connectivity index (χ0n) is 20.8. The summed E-state index contributed by atoms with van der Waals surface area (Å²) in [6.07, 6.45) is 7.00. The molecule has 4 aliphatic heterocycles. The molecule has 2 saturated heterocycles. The Hall–Kier alpha value is -3.24. The van der Waals surface area contributed by atoms with E-state index in [-0.39, 0.29) is 11.7 Å². The maximum Gasteiger partial charge on any atom is 0.327 e. The van der Waals surface area contributed by atoms with Gasteiger partial charge in [-0.25, -0.2) is 19.2 Å². The number of piperazine rings is 1. The number of carbonyl (C=O) groups excluding carboxylic acids is 1. The summed E-state index contributed by atoms with van der Waals surface area (Å²) in [6.45, 7) is 11.0. The summed E-state index contributed by atoms with van der Waals surface area (Å²) in [4.78, 5) is 29.9. The molecule has 1 aromatic carbocycles. The molecule has 190 valence electrons. The maximum absolute atomic E-state index is 15.6. The topological polar surface area (TPSA) is 77.1 Å². The van der Waals surface area contributed by atoms with Crippen LogP contribution in [0.3, 0.4) is 0 Å².